The number of benzene rings is 1. The lowest BCUT2D eigenvalue weighted by Crippen LogP contribution is -2.42. The summed E-state index contributed by atoms with van der Waals surface area (Å²) >= 11 is 6.17. The molecule has 0 aromatic heterocycles. The van der Waals surface area contributed by atoms with Crippen LogP contribution in [-0.4, -0.2) is 48.7 Å². The molecule has 0 amide bonds. The maximum Gasteiger partial charge on any atom is 0.271 e. The van der Waals surface area contributed by atoms with Crippen LogP contribution >= 0.6 is 11.6 Å². The van der Waals surface area contributed by atoms with E-state index in [4.69, 9.17) is 16.3 Å². The average Bonchev–Trinajstić information content (AvgIpc) is 2.43. The molecule has 2 rings (SSSR count). The molecule has 1 aromatic rings. The first-order chi connectivity index (χ1) is 9.97. The van der Waals surface area contributed by atoms with Gasteiger partial charge in [-0.15, -0.1) is 0 Å². The highest BCUT2D eigenvalue weighted by Gasteiger charge is 2.17. The largest absolute Gasteiger partial charge is 0.380 e. The fourth-order valence-corrected chi connectivity index (χ4v) is 2.79. The first-order valence-corrected chi connectivity index (χ1v) is 7.36. The Bertz CT molecular complexity index is 495. The molecule has 1 fully saturated rings. The molecule has 0 bridgehead atoms. The van der Waals surface area contributed by atoms with Crippen LogP contribution in [0.15, 0.2) is 12.1 Å². The highest BCUT2D eigenvalue weighted by Crippen LogP contribution is 2.31. The van der Waals surface area contributed by atoms with Gasteiger partial charge < -0.3 is 10.1 Å². The summed E-state index contributed by atoms with van der Waals surface area (Å²) in [5.41, 5.74) is 1.56. The number of anilines is 1. The van der Waals surface area contributed by atoms with Crippen LogP contribution in [0.25, 0.3) is 0 Å². The smallest absolute Gasteiger partial charge is 0.271 e. The highest BCUT2D eigenvalue weighted by atomic mass is 35.5. The van der Waals surface area contributed by atoms with Crippen LogP contribution in [0.5, 0.6) is 0 Å². The number of nitrogens with zero attached hydrogens (tertiary/aromatic N) is 2. The zero-order valence-electron chi connectivity index (χ0n) is 12.3. The number of nitrogens with one attached hydrogen (secondary N) is 1. The summed E-state index contributed by atoms with van der Waals surface area (Å²) in [6.45, 7) is 8.18. The number of hydrogen-bond donors (Lipinski definition) is 1. The standard InChI is InChI=1S/C14H20ClN3O3/c1-10-7-12(18(19)20)8-13(15)14(10)16-11(2)9-17-3-5-21-6-4-17/h7-8,11,16H,3-6,9H2,1-2H3. The summed E-state index contributed by atoms with van der Waals surface area (Å²) in [6.07, 6.45) is 0. The minimum absolute atomic E-state index is 0.0175. The molecule has 1 aliphatic rings. The van der Waals surface area contributed by atoms with Crippen molar-refractivity contribution in [2.24, 2.45) is 0 Å². The number of rotatable bonds is 5. The molecule has 1 unspecified atom stereocenters. The van der Waals surface area contributed by atoms with Gasteiger partial charge in [0.25, 0.3) is 5.69 Å². The van der Waals surface area contributed by atoms with Crippen LogP contribution in [0.3, 0.4) is 0 Å². The van der Waals surface area contributed by atoms with Crippen molar-refractivity contribution in [1.82, 2.24) is 4.90 Å². The van der Waals surface area contributed by atoms with Gasteiger partial charge >= 0.3 is 0 Å². The van der Waals surface area contributed by atoms with E-state index in [9.17, 15) is 10.1 Å². The third-order valence-electron chi connectivity index (χ3n) is 3.51. The predicted octanol–water partition coefficient (Wildman–Crippen LogP) is 2.69. The van der Waals surface area contributed by atoms with Gasteiger partial charge in [-0.2, -0.15) is 0 Å². The monoisotopic (exact) mass is 313 g/mol. The lowest BCUT2D eigenvalue weighted by Gasteiger charge is -2.30. The number of hydrogen-bond acceptors (Lipinski definition) is 5. The van der Waals surface area contributed by atoms with Gasteiger partial charge in [0.1, 0.15) is 0 Å². The number of halogens is 1. The summed E-state index contributed by atoms with van der Waals surface area (Å²) in [6, 6.07) is 3.12. The van der Waals surface area contributed by atoms with E-state index in [0.29, 0.717) is 5.02 Å². The first-order valence-electron chi connectivity index (χ1n) is 6.98. The molecule has 0 radical (unpaired) electrons. The predicted molar refractivity (Wildman–Crippen MR) is 83.2 cm³/mol. The minimum atomic E-state index is -0.431. The molecular formula is C14H20ClN3O3. The van der Waals surface area contributed by atoms with E-state index in [2.05, 4.69) is 17.1 Å². The first kappa shape index (κ1) is 16.0. The summed E-state index contributed by atoms with van der Waals surface area (Å²) < 4.78 is 5.33. The van der Waals surface area contributed by atoms with E-state index in [1.165, 1.54) is 12.1 Å². The van der Waals surface area contributed by atoms with Gasteiger partial charge in [0.2, 0.25) is 0 Å². The maximum atomic E-state index is 10.8. The van der Waals surface area contributed by atoms with Crippen molar-refractivity contribution in [2.75, 3.05) is 38.2 Å². The lowest BCUT2D eigenvalue weighted by molar-refractivity contribution is -0.384. The van der Waals surface area contributed by atoms with Crippen molar-refractivity contribution < 1.29 is 9.66 Å². The number of ether oxygens (including phenoxy) is 1. The second-order valence-corrected chi connectivity index (χ2v) is 5.74. The third-order valence-corrected chi connectivity index (χ3v) is 3.81. The number of non-ortho nitro benzene ring substituents is 1. The van der Waals surface area contributed by atoms with Crippen molar-refractivity contribution in [3.05, 3.63) is 32.8 Å². The number of nitro benzene ring substituents is 1. The number of morpholine rings is 1. The highest BCUT2D eigenvalue weighted by molar-refractivity contribution is 6.33. The third kappa shape index (κ3) is 4.30. The minimum Gasteiger partial charge on any atom is -0.380 e. The Labute approximate surface area is 129 Å². The van der Waals surface area contributed by atoms with Gasteiger partial charge in [0.05, 0.1) is 28.8 Å². The molecule has 0 saturated carbocycles. The van der Waals surface area contributed by atoms with Gasteiger partial charge in [-0.1, -0.05) is 11.6 Å². The molecular weight excluding hydrogens is 294 g/mol. The summed E-state index contributed by atoms with van der Waals surface area (Å²) in [7, 11) is 0. The van der Waals surface area contributed by atoms with Crippen molar-refractivity contribution in [3.8, 4) is 0 Å². The van der Waals surface area contributed by atoms with Crippen LogP contribution in [0.1, 0.15) is 12.5 Å². The van der Waals surface area contributed by atoms with Crippen molar-refractivity contribution in [2.45, 2.75) is 19.9 Å². The van der Waals surface area contributed by atoms with E-state index in [1.807, 2.05) is 6.92 Å². The Balaban J connectivity index is 2.03. The normalized spacial score (nSPS) is 17.5. The van der Waals surface area contributed by atoms with Crippen LogP contribution in [0.4, 0.5) is 11.4 Å². The average molecular weight is 314 g/mol. The zero-order valence-corrected chi connectivity index (χ0v) is 13.0. The molecule has 116 valence electrons. The molecule has 21 heavy (non-hydrogen) atoms. The van der Waals surface area contributed by atoms with E-state index in [1.54, 1.807) is 0 Å². The summed E-state index contributed by atoms with van der Waals surface area (Å²) in [5.74, 6) is 0. The molecule has 1 heterocycles. The topological polar surface area (TPSA) is 67.6 Å². The Morgan fingerprint density at radius 1 is 1.48 bits per heavy atom. The van der Waals surface area contributed by atoms with Crippen LogP contribution in [0, 0.1) is 17.0 Å². The van der Waals surface area contributed by atoms with Gasteiger partial charge in [-0.3, -0.25) is 15.0 Å². The second kappa shape index (κ2) is 7.06. The number of nitro groups is 1. The molecule has 1 saturated heterocycles. The van der Waals surface area contributed by atoms with E-state index < -0.39 is 4.92 Å². The molecule has 7 heteroatoms. The summed E-state index contributed by atoms with van der Waals surface area (Å²) in [4.78, 5) is 12.7. The lowest BCUT2D eigenvalue weighted by atomic mass is 10.1. The van der Waals surface area contributed by atoms with Gasteiger partial charge in [0, 0.05) is 37.8 Å². The molecule has 1 N–H and O–H groups in total. The van der Waals surface area contributed by atoms with Crippen LogP contribution < -0.4 is 5.32 Å². The molecule has 0 aliphatic carbocycles. The van der Waals surface area contributed by atoms with Crippen molar-refractivity contribution >= 4 is 23.0 Å². The van der Waals surface area contributed by atoms with Crippen molar-refractivity contribution in [3.63, 3.8) is 0 Å². The van der Waals surface area contributed by atoms with Gasteiger partial charge in [-0.25, -0.2) is 0 Å². The Morgan fingerprint density at radius 3 is 2.71 bits per heavy atom. The van der Waals surface area contributed by atoms with E-state index in [0.717, 1.165) is 44.1 Å². The quantitative estimate of drug-likeness (QED) is 0.668. The molecule has 6 nitrogen and oxygen atoms in total. The van der Waals surface area contributed by atoms with E-state index >= 15 is 0 Å². The van der Waals surface area contributed by atoms with E-state index in [-0.39, 0.29) is 11.7 Å². The fraction of sp³-hybridized carbons (Fsp3) is 0.571. The molecule has 0 spiro atoms. The van der Waals surface area contributed by atoms with Gasteiger partial charge in [-0.05, 0) is 19.4 Å². The SMILES string of the molecule is Cc1cc([N+](=O)[O-])cc(Cl)c1NC(C)CN1CCOCC1. The molecule has 1 aliphatic heterocycles. The second-order valence-electron chi connectivity index (χ2n) is 5.33. The molecule has 1 aromatic carbocycles. The maximum absolute atomic E-state index is 10.8. The van der Waals surface area contributed by atoms with Gasteiger partial charge in [0.15, 0.2) is 0 Å². The summed E-state index contributed by atoms with van der Waals surface area (Å²) in [5, 5.41) is 14.5. The van der Waals surface area contributed by atoms with Crippen LogP contribution in [0.2, 0.25) is 5.02 Å². The Kier molecular flexibility index (Phi) is 5.39. The Morgan fingerprint density at radius 2 is 2.14 bits per heavy atom. The van der Waals surface area contributed by atoms with Crippen molar-refractivity contribution in [1.29, 1.82) is 0 Å². The van der Waals surface area contributed by atoms with Crippen LogP contribution in [-0.2, 0) is 4.74 Å². The zero-order chi connectivity index (χ0) is 15.4. The Hall–Kier alpha value is -1.37. The molecule has 1 atom stereocenters. The number of aryl methyl sites for hydroxylation is 1. The fourth-order valence-electron chi connectivity index (χ4n) is 2.48.